The molecule has 1 rings (SSSR count). The van der Waals surface area contributed by atoms with E-state index in [4.69, 9.17) is 19.8 Å². The Kier molecular flexibility index (Phi) is 4.07. The fourth-order valence-electron chi connectivity index (χ4n) is 1.30. The Morgan fingerprint density at radius 2 is 2.18 bits per heavy atom. The Hall–Kier alpha value is -2.06. The van der Waals surface area contributed by atoms with Crippen LogP contribution in [0.25, 0.3) is 0 Å². The second kappa shape index (κ2) is 5.32. The monoisotopic (exact) mass is 235 g/mol. The van der Waals surface area contributed by atoms with Crippen molar-refractivity contribution >= 4 is 5.97 Å². The Morgan fingerprint density at radius 3 is 2.71 bits per heavy atom. The molecule has 1 N–H and O–H groups in total. The highest BCUT2D eigenvalue weighted by Crippen LogP contribution is 2.23. The van der Waals surface area contributed by atoms with Crippen molar-refractivity contribution in [3.05, 3.63) is 29.8 Å². The average molecular weight is 235 g/mol. The summed E-state index contributed by atoms with van der Waals surface area (Å²) >= 11 is 0. The minimum absolute atomic E-state index is 0.109. The highest BCUT2D eigenvalue weighted by Gasteiger charge is 2.36. The van der Waals surface area contributed by atoms with Gasteiger partial charge >= 0.3 is 5.97 Å². The van der Waals surface area contributed by atoms with E-state index in [1.165, 1.54) is 14.0 Å². The molecule has 0 aromatic heterocycles. The van der Waals surface area contributed by atoms with Gasteiger partial charge in [-0.3, -0.25) is 0 Å². The number of ether oxygens (including phenoxy) is 2. The van der Waals surface area contributed by atoms with Gasteiger partial charge in [0.05, 0.1) is 12.2 Å². The summed E-state index contributed by atoms with van der Waals surface area (Å²) in [5, 5.41) is 18.0. The van der Waals surface area contributed by atoms with Crippen molar-refractivity contribution in [1.82, 2.24) is 0 Å². The zero-order chi connectivity index (χ0) is 12.9. The van der Waals surface area contributed by atoms with Crippen LogP contribution in [0.2, 0.25) is 0 Å². The van der Waals surface area contributed by atoms with Gasteiger partial charge in [0.15, 0.2) is 0 Å². The lowest BCUT2D eigenvalue weighted by Crippen LogP contribution is -2.45. The van der Waals surface area contributed by atoms with E-state index in [1.54, 1.807) is 24.3 Å². The van der Waals surface area contributed by atoms with E-state index in [9.17, 15) is 4.79 Å². The van der Waals surface area contributed by atoms with Gasteiger partial charge in [-0.2, -0.15) is 5.26 Å². The molecule has 0 aliphatic rings. The van der Waals surface area contributed by atoms with Gasteiger partial charge in [0, 0.05) is 7.11 Å². The summed E-state index contributed by atoms with van der Waals surface area (Å²) in [5.74, 6) is -0.913. The van der Waals surface area contributed by atoms with Gasteiger partial charge in [-0.05, 0) is 19.1 Å². The maximum absolute atomic E-state index is 11.1. The number of carboxylic acid groups (broad SMARTS) is 1. The molecule has 0 heterocycles. The number of hydrogen-bond donors (Lipinski definition) is 1. The molecule has 5 nitrogen and oxygen atoms in total. The standard InChI is InChI=1S/C12H13NO4/c1-12(8-16-2,11(14)15)17-10-6-4-3-5-9(10)7-13/h3-6H,8H2,1-2H3,(H,14,15). The van der Waals surface area contributed by atoms with E-state index in [2.05, 4.69) is 0 Å². The highest BCUT2D eigenvalue weighted by molar-refractivity contribution is 5.77. The molecule has 0 saturated heterocycles. The van der Waals surface area contributed by atoms with E-state index in [1.807, 2.05) is 6.07 Å². The number of hydrogen-bond acceptors (Lipinski definition) is 4. The Labute approximate surface area is 99.2 Å². The zero-order valence-electron chi connectivity index (χ0n) is 9.64. The van der Waals surface area contributed by atoms with Crippen LogP contribution in [0.1, 0.15) is 12.5 Å². The lowest BCUT2D eigenvalue weighted by Gasteiger charge is -2.25. The van der Waals surface area contributed by atoms with Crippen LogP contribution < -0.4 is 4.74 Å². The number of para-hydroxylation sites is 1. The van der Waals surface area contributed by atoms with Crippen LogP contribution in [-0.4, -0.2) is 30.4 Å². The number of nitrogens with zero attached hydrogens (tertiary/aromatic N) is 1. The topological polar surface area (TPSA) is 79.5 Å². The number of carboxylic acids is 1. The fourth-order valence-corrected chi connectivity index (χ4v) is 1.30. The third-order valence-electron chi connectivity index (χ3n) is 2.21. The van der Waals surface area contributed by atoms with Gasteiger partial charge in [0.25, 0.3) is 0 Å². The van der Waals surface area contributed by atoms with Crippen LogP contribution in [-0.2, 0) is 9.53 Å². The number of rotatable bonds is 5. The molecule has 1 aromatic carbocycles. The van der Waals surface area contributed by atoms with E-state index < -0.39 is 11.6 Å². The molecule has 0 spiro atoms. The molecule has 0 aliphatic carbocycles. The number of methoxy groups -OCH3 is 1. The van der Waals surface area contributed by atoms with Crippen molar-refractivity contribution in [3.63, 3.8) is 0 Å². The maximum atomic E-state index is 11.1. The fraction of sp³-hybridized carbons (Fsp3) is 0.333. The van der Waals surface area contributed by atoms with Crippen molar-refractivity contribution in [1.29, 1.82) is 5.26 Å². The first-order valence-corrected chi connectivity index (χ1v) is 4.94. The van der Waals surface area contributed by atoms with Gasteiger partial charge in [0.1, 0.15) is 11.8 Å². The number of benzene rings is 1. The normalized spacial score (nSPS) is 13.5. The van der Waals surface area contributed by atoms with Crippen molar-refractivity contribution in [2.24, 2.45) is 0 Å². The summed E-state index contributed by atoms with van der Waals surface area (Å²) in [6, 6.07) is 8.40. The predicted molar refractivity (Wildman–Crippen MR) is 59.7 cm³/mol. The van der Waals surface area contributed by atoms with Gasteiger partial charge < -0.3 is 14.6 Å². The molecular weight excluding hydrogens is 222 g/mol. The third-order valence-corrected chi connectivity index (χ3v) is 2.21. The Balaban J connectivity index is 3.02. The number of aliphatic carboxylic acids is 1. The molecule has 1 aromatic rings. The van der Waals surface area contributed by atoms with Crippen LogP contribution in [0.3, 0.4) is 0 Å². The molecule has 0 saturated carbocycles. The average Bonchev–Trinajstić information content (AvgIpc) is 2.30. The van der Waals surface area contributed by atoms with Gasteiger partial charge in [-0.25, -0.2) is 4.79 Å². The molecular formula is C12H13NO4. The van der Waals surface area contributed by atoms with Gasteiger partial charge in [-0.15, -0.1) is 0 Å². The van der Waals surface area contributed by atoms with Gasteiger partial charge in [0.2, 0.25) is 5.60 Å². The minimum atomic E-state index is -1.51. The molecule has 1 atom stereocenters. The largest absolute Gasteiger partial charge is 0.478 e. The van der Waals surface area contributed by atoms with E-state index in [-0.39, 0.29) is 17.9 Å². The Morgan fingerprint density at radius 1 is 1.53 bits per heavy atom. The number of nitriles is 1. The third kappa shape index (κ3) is 2.95. The van der Waals surface area contributed by atoms with Crippen LogP contribution in [0.15, 0.2) is 24.3 Å². The summed E-state index contributed by atoms with van der Waals surface area (Å²) in [5.41, 5.74) is -1.22. The first-order chi connectivity index (χ1) is 8.03. The summed E-state index contributed by atoms with van der Waals surface area (Å²) in [6.07, 6.45) is 0. The highest BCUT2D eigenvalue weighted by atomic mass is 16.6. The van der Waals surface area contributed by atoms with E-state index >= 15 is 0 Å². The number of carbonyl (C=O) groups is 1. The van der Waals surface area contributed by atoms with Crippen molar-refractivity contribution in [2.45, 2.75) is 12.5 Å². The summed E-state index contributed by atoms with van der Waals surface area (Å²) in [4.78, 5) is 11.1. The smallest absolute Gasteiger partial charge is 0.350 e. The van der Waals surface area contributed by atoms with Crippen LogP contribution in [0.4, 0.5) is 0 Å². The molecule has 1 unspecified atom stereocenters. The summed E-state index contributed by atoms with van der Waals surface area (Å²) in [7, 11) is 1.39. The molecule has 17 heavy (non-hydrogen) atoms. The second-order valence-electron chi connectivity index (χ2n) is 3.68. The lowest BCUT2D eigenvalue weighted by atomic mass is 10.1. The summed E-state index contributed by atoms with van der Waals surface area (Å²) < 4.78 is 10.2. The maximum Gasteiger partial charge on any atom is 0.350 e. The SMILES string of the molecule is COCC(C)(Oc1ccccc1C#N)C(=O)O. The zero-order valence-corrected chi connectivity index (χ0v) is 9.64. The van der Waals surface area contributed by atoms with Crippen LogP contribution in [0.5, 0.6) is 5.75 Å². The molecule has 0 fully saturated rings. The van der Waals surface area contributed by atoms with Crippen LogP contribution >= 0.6 is 0 Å². The Bertz CT molecular complexity index is 452. The van der Waals surface area contributed by atoms with E-state index in [0.717, 1.165) is 0 Å². The van der Waals surface area contributed by atoms with Gasteiger partial charge in [-0.1, -0.05) is 12.1 Å². The quantitative estimate of drug-likeness (QED) is 0.835. The molecule has 90 valence electrons. The first-order valence-electron chi connectivity index (χ1n) is 4.94. The lowest BCUT2D eigenvalue weighted by molar-refractivity contribution is -0.158. The molecule has 5 heteroatoms. The van der Waals surface area contributed by atoms with Crippen LogP contribution in [0, 0.1) is 11.3 Å². The van der Waals surface area contributed by atoms with Crippen molar-refractivity contribution in [3.8, 4) is 11.8 Å². The van der Waals surface area contributed by atoms with Crippen molar-refractivity contribution in [2.75, 3.05) is 13.7 Å². The van der Waals surface area contributed by atoms with E-state index in [0.29, 0.717) is 0 Å². The summed E-state index contributed by atoms with van der Waals surface area (Å²) in [6.45, 7) is 1.29. The molecule has 0 radical (unpaired) electrons. The predicted octanol–water partition coefficient (Wildman–Crippen LogP) is 1.43. The molecule has 0 aliphatic heterocycles. The minimum Gasteiger partial charge on any atom is -0.478 e. The molecule has 0 bridgehead atoms. The molecule has 0 amide bonds. The second-order valence-corrected chi connectivity index (χ2v) is 3.68. The van der Waals surface area contributed by atoms with Crippen molar-refractivity contribution < 1.29 is 19.4 Å². The first kappa shape index (κ1) is 13.0.